The molecule has 18 heavy (non-hydrogen) atoms. The molecule has 0 spiro atoms. The van der Waals surface area contributed by atoms with Gasteiger partial charge < -0.3 is 16.0 Å². The van der Waals surface area contributed by atoms with E-state index in [2.05, 4.69) is 16.0 Å². The molecular weight excluding hydrogens is 230 g/mol. The van der Waals surface area contributed by atoms with Crippen molar-refractivity contribution >= 4 is 11.9 Å². The lowest BCUT2D eigenvalue weighted by Crippen LogP contribution is -2.44. The van der Waals surface area contributed by atoms with Crippen LogP contribution in [-0.4, -0.2) is 24.5 Å². The predicted molar refractivity (Wildman–Crippen MR) is 70.0 cm³/mol. The van der Waals surface area contributed by atoms with Crippen molar-refractivity contribution in [1.29, 1.82) is 0 Å². The molecule has 0 saturated carbocycles. The van der Waals surface area contributed by atoms with E-state index in [1.54, 1.807) is 0 Å². The lowest BCUT2D eigenvalue weighted by Gasteiger charge is -2.10. The van der Waals surface area contributed by atoms with Crippen LogP contribution in [-0.2, 0) is 11.3 Å². The number of urea groups is 1. The molecule has 0 aliphatic rings. The van der Waals surface area contributed by atoms with Gasteiger partial charge in [-0.2, -0.15) is 0 Å². The van der Waals surface area contributed by atoms with Crippen molar-refractivity contribution in [2.45, 2.75) is 26.4 Å². The van der Waals surface area contributed by atoms with E-state index in [0.29, 0.717) is 6.54 Å². The van der Waals surface area contributed by atoms with Crippen LogP contribution in [0.15, 0.2) is 30.3 Å². The third kappa shape index (κ3) is 5.89. The van der Waals surface area contributed by atoms with E-state index in [1.807, 2.05) is 44.2 Å². The van der Waals surface area contributed by atoms with Crippen molar-refractivity contribution < 1.29 is 9.59 Å². The molecule has 1 aromatic rings. The molecule has 0 atom stereocenters. The second-order valence-electron chi connectivity index (χ2n) is 4.24. The minimum atomic E-state index is -0.333. The zero-order valence-corrected chi connectivity index (χ0v) is 10.7. The Morgan fingerprint density at radius 1 is 1.11 bits per heavy atom. The Morgan fingerprint density at radius 2 is 1.78 bits per heavy atom. The minimum absolute atomic E-state index is 0.0224. The van der Waals surface area contributed by atoms with Crippen LogP contribution < -0.4 is 16.0 Å². The molecule has 5 nitrogen and oxygen atoms in total. The monoisotopic (exact) mass is 249 g/mol. The molecule has 0 aliphatic heterocycles. The van der Waals surface area contributed by atoms with Gasteiger partial charge in [-0.1, -0.05) is 30.3 Å². The number of amides is 3. The summed E-state index contributed by atoms with van der Waals surface area (Å²) >= 11 is 0. The maximum absolute atomic E-state index is 11.5. The molecule has 0 fully saturated rings. The third-order valence-electron chi connectivity index (χ3n) is 2.16. The van der Waals surface area contributed by atoms with Gasteiger partial charge in [0.15, 0.2) is 0 Å². The maximum Gasteiger partial charge on any atom is 0.315 e. The Balaban J connectivity index is 2.20. The van der Waals surface area contributed by atoms with Crippen LogP contribution in [0.1, 0.15) is 19.4 Å². The molecule has 0 bridgehead atoms. The zero-order valence-electron chi connectivity index (χ0n) is 10.7. The summed E-state index contributed by atoms with van der Waals surface area (Å²) in [6.07, 6.45) is 0. The fraction of sp³-hybridized carbons (Fsp3) is 0.385. The topological polar surface area (TPSA) is 70.2 Å². The lowest BCUT2D eigenvalue weighted by molar-refractivity contribution is -0.120. The lowest BCUT2D eigenvalue weighted by atomic mass is 10.2. The molecule has 3 N–H and O–H groups in total. The van der Waals surface area contributed by atoms with E-state index >= 15 is 0 Å². The number of nitrogens with one attached hydrogen (secondary N) is 3. The highest BCUT2D eigenvalue weighted by Gasteiger charge is 2.05. The van der Waals surface area contributed by atoms with Crippen molar-refractivity contribution in [3.8, 4) is 0 Å². The van der Waals surface area contributed by atoms with Crippen molar-refractivity contribution in [2.24, 2.45) is 0 Å². The molecule has 0 aromatic heterocycles. The molecular formula is C13H19N3O2. The molecule has 3 amide bonds. The van der Waals surface area contributed by atoms with Crippen molar-refractivity contribution in [1.82, 2.24) is 16.0 Å². The first-order valence-corrected chi connectivity index (χ1v) is 5.93. The van der Waals surface area contributed by atoms with Crippen molar-refractivity contribution in [3.63, 3.8) is 0 Å². The highest BCUT2D eigenvalue weighted by atomic mass is 16.2. The van der Waals surface area contributed by atoms with E-state index in [9.17, 15) is 9.59 Å². The third-order valence-corrected chi connectivity index (χ3v) is 2.16. The number of hydrogen-bond acceptors (Lipinski definition) is 2. The first-order chi connectivity index (χ1) is 8.58. The average molecular weight is 249 g/mol. The number of carbonyl (C=O) groups excluding carboxylic acids is 2. The van der Waals surface area contributed by atoms with Gasteiger partial charge in [-0.05, 0) is 19.4 Å². The highest BCUT2D eigenvalue weighted by Crippen LogP contribution is 1.96. The molecule has 0 saturated heterocycles. The summed E-state index contributed by atoms with van der Waals surface area (Å²) in [5.74, 6) is -0.210. The molecule has 0 radical (unpaired) electrons. The Bertz CT molecular complexity index is 390. The Hall–Kier alpha value is -2.04. The summed E-state index contributed by atoms with van der Waals surface area (Å²) in [6.45, 7) is 4.16. The van der Waals surface area contributed by atoms with Gasteiger partial charge in [0, 0.05) is 12.6 Å². The second-order valence-corrected chi connectivity index (χ2v) is 4.24. The quantitative estimate of drug-likeness (QED) is 0.729. The van der Waals surface area contributed by atoms with Gasteiger partial charge in [0.25, 0.3) is 0 Å². The van der Waals surface area contributed by atoms with Crippen LogP contribution in [0.3, 0.4) is 0 Å². The zero-order chi connectivity index (χ0) is 13.4. The summed E-state index contributed by atoms with van der Waals surface area (Å²) in [4.78, 5) is 22.7. The maximum atomic E-state index is 11.5. The Labute approximate surface area is 107 Å². The SMILES string of the molecule is CC(C)NC(=O)NCC(=O)NCc1ccccc1. The Kier molecular flexibility index (Phi) is 5.70. The summed E-state index contributed by atoms with van der Waals surface area (Å²) in [6, 6.07) is 9.32. The van der Waals surface area contributed by atoms with Gasteiger partial charge in [-0.25, -0.2) is 4.79 Å². The average Bonchev–Trinajstić information content (AvgIpc) is 2.34. The number of hydrogen-bond donors (Lipinski definition) is 3. The van der Waals surface area contributed by atoms with Crippen LogP contribution >= 0.6 is 0 Å². The molecule has 5 heteroatoms. The van der Waals surface area contributed by atoms with Gasteiger partial charge in [-0.3, -0.25) is 4.79 Å². The van der Waals surface area contributed by atoms with Crippen molar-refractivity contribution in [3.05, 3.63) is 35.9 Å². The van der Waals surface area contributed by atoms with Crippen LogP contribution in [0, 0.1) is 0 Å². The summed E-state index contributed by atoms with van der Waals surface area (Å²) in [7, 11) is 0. The molecule has 0 unspecified atom stereocenters. The molecule has 1 rings (SSSR count). The van der Waals surface area contributed by atoms with Gasteiger partial charge in [-0.15, -0.1) is 0 Å². The minimum Gasteiger partial charge on any atom is -0.350 e. The first kappa shape index (κ1) is 14.0. The van der Waals surface area contributed by atoms with E-state index in [1.165, 1.54) is 0 Å². The summed E-state index contributed by atoms with van der Waals surface area (Å²) in [5, 5.41) is 7.86. The molecule has 1 aromatic carbocycles. The predicted octanol–water partition coefficient (Wildman–Crippen LogP) is 1.01. The fourth-order valence-electron chi connectivity index (χ4n) is 1.33. The van der Waals surface area contributed by atoms with Crippen molar-refractivity contribution in [2.75, 3.05) is 6.54 Å². The Morgan fingerprint density at radius 3 is 2.39 bits per heavy atom. The fourth-order valence-corrected chi connectivity index (χ4v) is 1.33. The first-order valence-electron chi connectivity index (χ1n) is 5.93. The molecule has 0 aliphatic carbocycles. The van der Waals surface area contributed by atoms with Gasteiger partial charge >= 0.3 is 6.03 Å². The normalized spacial score (nSPS) is 9.94. The smallest absolute Gasteiger partial charge is 0.315 e. The van der Waals surface area contributed by atoms with Crippen LogP contribution in [0.2, 0.25) is 0 Å². The summed E-state index contributed by atoms with van der Waals surface area (Å²) < 4.78 is 0. The van der Waals surface area contributed by atoms with Gasteiger partial charge in [0.05, 0.1) is 6.54 Å². The molecule has 0 heterocycles. The standard InChI is InChI=1S/C13H19N3O2/c1-10(2)16-13(18)15-9-12(17)14-8-11-6-4-3-5-7-11/h3-7,10H,8-9H2,1-2H3,(H,14,17)(H2,15,16,18). The van der Waals surface area contributed by atoms with Crippen LogP contribution in [0.5, 0.6) is 0 Å². The number of rotatable bonds is 5. The number of benzene rings is 1. The largest absolute Gasteiger partial charge is 0.350 e. The van der Waals surface area contributed by atoms with E-state index in [4.69, 9.17) is 0 Å². The van der Waals surface area contributed by atoms with Crippen LogP contribution in [0.25, 0.3) is 0 Å². The van der Waals surface area contributed by atoms with Gasteiger partial charge in [0.1, 0.15) is 0 Å². The van der Waals surface area contributed by atoms with E-state index in [0.717, 1.165) is 5.56 Å². The molecule has 98 valence electrons. The van der Waals surface area contributed by atoms with Crippen LogP contribution in [0.4, 0.5) is 4.79 Å². The number of carbonyl (C=O) groups is 2. The highest BCUT2D eigenvalue weighted by molar-refractivity contribution is 5.83. The summed E-state index contributed by atoms with van der Waals surface area (Å²) in [5.41, 5.74) is 1.03. The van der Waals surface area contributed by atoms with E-state index in [-0.39, 0.29) is 24.5 Å². The van der Waals surface area contributed by atoms with E-state index < -0.39 is 0 Å². The second kappa shape index (κ2) is 7.32. The van der Waals surface area contributed by atoms with Gasteiger partial charge in [0.2, 0.25) is 5.91 Å².